The molecule has 2 heterocycles. The number of hydrogen-bond acceptors (Lipinski definition) is 4. The van der Waals surface area contributed by atoms with Crippen LogP contribution in [0.2, 0.25) is 5.02 Å². The molecule has 1 atom stereocenters. The van der Waals surface area contributed by atoms with Crippen LogP contribution in [0.5, 0.6) is 0 Å². The van der Waals surface area contributed by atoms with Crippen molar-refractivity contribution in [3.05, 3.63) is 47.5 Å². The molecule has 1 aliphatic heterocycles. The van der Waals surface area contributed by atoms with E-state index in [1.165, 1.54) is 0 Å². The zero-order chi connectivity index (χ0) is 15.6. The maximum absolute atomic E-state index is 5.92. The number of ether oxygens (including phenoxy) is 1. The summed E-state index contributed by atoms with van der Waals surface area (Å²) in [6.07, 6.45) is 1.13. The van der Waals surface area contributed by atoms with Crippen LogP contribution in [0, 0.1) is 5.92 Å². The first-order valence-corrected chi connectivity index (χ1v) is 8.10. The Kier molecular flexibility index (Phi) is 3.89. The molecule has 0 aliphatic carbocycles. The summed E-state index contributed by atoms with van der Waals surface area (Å²) in [5.74, 6) is 0.593. The normalized spacial score (nSPS) is 17.7. The zero-order valence-corrected chi connectivity index (χ0v) is 13.3. The number of aromatic nitrogens is 3. The third-order valence-electron chi connectivity index (χ3n) is 4.06. The van der Waals surface area contributed by atoms with Crippen molar-refractivity contribution in [2.75, 3.05) is 25.1 Å². The van der Waals surface area contributed by atoms with Gasteiger partial charge in [0.05, 0.1) is 12.3 Å². The van der Waals surface area contributed by atoms with E-state index in [0.29, 0.717) is 10.9 Å². The van der Waals surface area contributed by atoms with Gasteiger partial charge in [0, 0.05) is 29.8 Å². The van der Waals surface area contributed by atoms with Crippen LogP contribution in [0.15, 0.2) is 42.5 Å². The van der Waals surface area contributed by atoms with Gasteiger partial charge in [-0.05, 0) is 48.9 Å². The van der Waals surface area contributed by atoms with Crippen LogP contribution >= 0.6 is 11.6 Å². The standard InChI is InChI=1S/C17H17ClN4O/c18-13-1-4-15(5-2-13)22-20-16-6-3-14(9-17(16)21-22)19-10-12-7-8-23-11-12/h1-6,9,12,19H,7-8,10-11H2. The summed E-state index contributed by atoms with van der Waals surface area (Å²) in [5, 5.41) is 13.2. The molecule has 2 aromatic carbocycles. The highest BCUT2D eigenvalue weighted by atomic mass is 35.5. The van der Waals surface area contributed by atoms with Gasteiger partial charge in [-0.1, -0.05) is 11.6 Å². The molecule has 0 spiro atoms. The minimum atomic E-state index is 0.593. The van der Waals surface area contributed by atoms with Crippen LogP contribution in [0.25, 0.3) is 16.7 Å². The maximum atomic E-state index is 5.92. The van der Waals surface area contributed by atoms with E-state index in [4.69, 9.17) is 16.3 Å². The van der Waals surface area contributed by atoms with Gasteiger partial charge in [-0.15, -0.1) is 10.2 Å². The summed E-state index contributed by atoms with van der Waals surface area (Å²) in [5.41, 5.74) is 3.69. The topological polar surface area (TPSA) is 52.0 Å². The molecule has 1 aromatic heterocycles. The van der Waals surface area contributed by atoms with E-state index in [-0.39, 0.29) is 0 Å². The van der Waals surface area contributed by atoms with Crippen LogP contribution in [0.1, 0.15) is 6.42 Å². The number of fused-ring (bicyclic) bond motifs is 1. The molecule has 118 valence electrons. The Morgan fingerprint density at radius 2 is 1.96 bits per heavy atom. The molecule has 4 rings (SSSR count). The Bertz CT molecular complexity index is 809. The molecular formula is C17H17ClN4O. The molecule has 6 heteroatoms. The van der Waals surface area contributed by atoms with Gasteiger partial charge in [-0.25, -0.2) is 0 Å². The van der Waals surface area contributed by atoms with Crippen molar-refractivity contribution in [2.24, 2.45) is 5.92 Å². The lowest BCUT2D eigenvalue weighted by atomic mass is 10.1. The van der Waals surface area contributed by atoms with Crippen molar-refractivity contribution in [2.45, 2.75) is 6.42 Å². The Hall–Kier alpha value is -2.11. The van der Waals surface area contributed by atoms with Gasteiger partial charge in [-0.2, -0.15) is 4.80 Å². The molecule has 0 radical (unpaired) electrons. The largest absolute Gasteiger partial charge is 0.385 e. The summed E-state index contributed by atoms with van der Waals surface area (Å²) in [6.45, 7) is 2.65. The highest BCUT2D eigenvalue weighted by Crippen LogP contribution is 2.20. The summed E-state index contributed by atoms with van der Waals surface area (Å²) in [7, 11) is 0. The predicted octanol–water partition coefficient (Wildman–Crippen LogP) is 3.52. The van der Waals surface area contributed by atoms with Crippen LogP contribution in [-0.4, -0.2) is 34.8 Å². The average molecular weight is 329 g/mol. The SMILES string of the molecule is Clc1ccc(-n2nc3ccc(NCC4CCOC4)cc3n2)cc1. The molecule has 3 aromatic rings. The van der Waals surface area contributed by atoms with E-state index in [0.717, 1.165) is 48.6 Å². The summed E-state index contributed by atoms with van der Waals surface area (Å²) < 4.78 is 5.40. The first kappa shape index (κ1) is 14.5. The van der Waals surface area contributed by atoms with E-state index in [9.17, 15) is 0 Å². The molecule has 0 saturated carbocycles. The van der Waals surface area contributed by atoms with Gasteiger partial charge >= 0.3 is 0 Å². The molecular weight excluding hydrogens is 312 g/mol. The summed E-state index contributed by atoms with van der Waals surface area (Å²) in [4.78, 5) is 1.63. The van der Waals surface area contributed by atoms with Crippen molar-refractivity contribution in [3.63, 3.8) is 0 Å². The molecule has 1 unspecified atom stereocenters. The van der Waals surface area contributed by atoms with Crippen molar-refractivity contribution in [3.8, 4) is 5.69 Å². The number of anilines is 1. The van der Waals surface area contributed by atoms with Crippen molar-refractivity contribution >= 4 is 28.3 Å². The van der Waals surface area contributed by atoms with Gasteiger partial charge in [0.1, 0.15) is 11.0 Å². The molecule has 0 amide bonds. The molecule has 0 bridgehead atoms. The predicted molar refractivity (Wildman–Crippen MR) is 91.3 cm³/mol. The lowest BCUT2D eigenvalue weighted by Gasteiger charge is -2.10. The smallest absolute Gasteiger partial charge is 0.115 e. The quantitative estimate of drug-likeness (QED) is 0.796. The van der Waals surface area contributed by atoms with E-state index in [2.05, 4.69) is 15.5 Å². The second-order valence-corrected chi connectivity index (χ2v) is 6.22. The second-order valence-electron chi connectivity index (χ2n) is 5.78. The van der Waals surface area contributed by atoms with Crippen molar-refractivity contribution in [1.29, 1.82) is 0 Å². The van der Waals surface area contributed by atoms with Crippen LogP contribution in [0.4, 0.5) is 5.69 Å². The molecule has 1 aliphatic rings. The summed E-state index contributed by atoms with van der Waals surface area (Å²) >= 11 is 5.92. The fourth-order valence-corrected chi connectivity index (χ4v) is 2.85. The molecule has 5 nitrogen and oxygen atoms in total. The minimum absolute atomic E-state index is 0.593. The fraction of sp³-hybridized carbons (Fsp3) is 0.294. The highest BCUT2D eigenvalue weighted by Gasteiger charge is 2.15. The Morgan fingerprint density at radius 1 is 1.13 bits per heavy atom. The Balaban J connectivity index is 1.55. The third-order valence-corrected chi connectivity index (χ3v) is 4.31. The van der Waals surface area contributed by atoms with Gasteiger partial charge < -0.3 is 10.1 Å². The Morgan fingerprint density at radius 3 is 2.74 bits per heavy atom. The van der Waals surface area contributed by atoms with Crippen molar-refractivity contribution < 1.29 is 4.74 Å². The number of nitrogens with one attached hydrogen (secondary N) is 1. The fourth-order valence-electron chi connectivity index (χ4n) is 2.72. The number of benzene rings is 2. The van der Waals surface area contributed by atoms with Gasteiger partial charge in [0.2, 0.25) is 0 Å². The first-order chi connectivity index (χ1) is 11.3. The van der Waals surface area contributed by atoms with Gasteiger partial charge in [0.15, 0.2) is 0 Å². The van der Waals surface area contributed by atoms with Crippen LogP contribution in [0.3, 0.4) is 0 Å². The maximum Gasteiger partial charge on any atom is 0.115 e. The number of halogens is 1. The average Bonchev–Trinajstić information content (AvgIpc) is 3.22. The molecule has 1 N–H and O–H groups in total. The van der Waals surface area contributed by atoms with E-state index >= 15 is 0 Å². The molecule has 23 heavy (non-hydrogen) atoms. The zero-order valence-electron chi connectivity index (χ0n) is 12.6. The lowest BCUT2D eigenvalue weighted by Crippen LogP contribution is -2.13. The number of rotatable bonds is 4. The second kappa shape index (κ2) is 6.18. The highest BCUT2D eigenvalue weighted by molar-refractivity contribution is 6.30. The number of hydrogen-bond donors (Lipinski definition) is 1. The third kappa shape index (κ3) is 3.16. The minimum Gasteiger partial charge on any atom is -0.385 e. The van der Waals surface area contributed by atoms with Gasteiger partial charge in [0.25, 0.3) is 0 Å². The summed E-state index contributed by atoms with van der Waals surface area (Å²) in [6, 6.07) is 13.5. The number of nitrogens with zero attached hydrogens (tertiary/aromatic N) is 3. The monoisotopic (exact) mass is 328 g/mol. The van der Waals surface area contributed by atoms with Crippen LogP contribution < -0.4 is 5.32 Å². The van der Waals surface area contributed by atoms with Gasteiger partial charge in [-0.3, -0.25) is 0 Å². The van der Waals surface area contributed by atoms with Crippen LogP contribution in [-0.2, 0) is 4.74 Å². The van der Waals surface area contributed by atoms with E-state index in [1.807, 2.05) is 42.5 Å². The lowest BCUT2D eigenvalue weighted by molar-refractivity contribution is 0.187. The van der Waals surface area contributed by atoms with Crippen molar-refractivity contribution in [1.82, 2.24) is 15.0 Å². The molecule has 1 saturated heterocycles. The molecule has 1 fully saturated rings. The Labute approximate surface area is 139 Å². The van der Waals surface area contributed by atoms with E-state index < -0.39 is 0 Å². The first-order valence-electron chi connectivity index (χ1n) is 7.72. The van der Waals surface area contributed by atoms with E-state index in [1.54, 1.807) is 4.80 Å².